The van der Waals surface area contributed by atoms with Gasteiger partial charge in [-0.1, -0.05) is 6.07 Å². The minimum absolute atomic E-state index is 0.0539. The van der Waals surface area contributed by atoms with Gasteiger partial charge in [0.25, 0.3) is 5.91 Å². The Bertz CT molecular complexity index is 1490. The van der Waals surface area contributed by atoms with Gasteiger partial charge < -0.3 is 19.5 Å². The van der Waals surface area contributed by atoms with Crippen molar-refractivity contribution in [2.75, 3.05) is 43.6 Å². The number of carbonyl (C=O) groups is 2. The lowest BCUT2D eigenvalue weighted by atomic mass is 9.88. The number of methoxy groups -OCH3 is 1. The zero-order valence-corrected chi connectivity index (χ0v) is 23.0. The first-order chi connectivity index (χ1) is 20.5. The molecule has 2 aliphatic heterocycles. The molecule has 2 heterocycles. The van der Waals surface area contributed by atoms with Crippen LogP contribution in [0.5, 0.6) is 5.75 Å². The molecule has 1 N–H and O–H groups in total. The van der Waals surface area contributed by atoms with Crippen LogP contribution in [0.25, 0.3) is 0 Å². The molecule has 1 saturated heterocycles. The summed E-state index contributed by atoms with van der Waals surface area (Å²) in [6, 6.07) is 13.2. The molecule has 3 aromatic rings. The first-order valence-electron chi connectivity index (χ1n) is 13.4. The number of likely N-dealkylation sites (tertiary alicyclic amines) is 1. The summed E-state index contributed by atoms with van der Waals surface area (Å²) >= 11 is 0. The maximum atomic E-state index is 14.0. The van der Waals surface area contributed by atoms with Gasteiger partial charge in [0.2, 0.25) is 0 Å². The molecule has 5 rings (SSSR count). The molecular weight excluding hydrogens is 577 g/mol. The normalized spacial score (nSPS) is 16.5. The molecule has 0 radical (unpaired) electrons. The molecule has 0 aliphatic carbocycles. The number of nitrogens with one attached hydrogen (secondary N) is 1. The van der Waals surface area contributed by atoms with Crippen molar-refractivity contribution in [1.82, 2.24) is 4.90 Å². The summed E-state index contributed by atoms with van der Waals surface area (Å²) in [4.78, 5) is 30.1. The number of ether oxygens (including phenoxy) is 3. The first-order valence-corrected chi connectivity index (χ1v) is 13.4. The van der Waals surface area contributed by atoms with Crippen LogP contribution < -0.4 is 15.0 Å². The highest BCUT2D eigenvalue weighted by Gasteiger charge is 2.47. The van der Waals surface area contributed by atoms with E-state index in [0.29, 0.717) is 49.4 Å². The largest absolute Gasteiger partial charge is 0.573 e. The van der Waals surface area contributed by atoms with E-state index in [4.69, 9.17) is 9.47 Å². The zero-order chi connectivity index (χ0) is 30.8. The molecule has 0 unspecified atom stereocenters. The van der Waals surface area contributed by atoms with Crippen molar-refractivity contribution in [3.8, 4) is 5.75 Å². The molecule has 8 nitrogen and oxygen atoms in total. The summed E-state index contributed by atoms with van der Waals surface area (Å²) in [7, 11) is 1.48. The average Bonchev–Trinajstić information content (AvgIpc) is 2.96. The molecule has 0 atom stereocenters. The van der Waals surface area contributed by atoms with Crippen LogP contribution in [0.1, 0.15) is 39.1 Å². The van der Waals surface area contributed by atoms with Gasteiger partial charge in [-0.25, -0.2) is 13.6 Å². The number of amides is 1. The van der Waals surface area contributed by atoms with Crippen molar-refractivity contribution in [2.45, 2.75) is 31.4 Å². The quantitative estimate of drug-likeness (QED) is 0.200. The van der Waals surface area contributed by atoms with Gasteiger partial charge in [0, 0.05) is 51.0 Å². The lowest BCUT2D eigenvalue weighted by molar-refractivity contribution is -0.274. The number of benzene rings is 3. The third-order valence-corrected chi connectivity index (χ3v) is 7.41. The van der Waals surface area contributed by atoms with Crippen LogP contribution in [-0.4, -0.2) is 62.2 Å². The number of halogens is 5. The van der Waals surface area contributed by atoms with E-state index in [9.17, 15) is 31.5 Å². The van der Waals surface area contributed by atoms with Gasteiger partial charge in [0.05, 0.1) is 17.7 Å². The molecule has 1 fully saturated rings. The van der Waals surface area contributed by atoms with Crippen LogP contribution in [0, 0.1) is 11.6 Å². The molecule has 2 aliphatic rings. The number of anilines is 2. The summed E-state index contributed by atoms with van der Waals surface area (Å²) in [5, 5.41) is 3.43. The van der Waals surface area contributed by atoms with Crippen molar-refractivity contribution in [1.29, 1.82) is 0 Å². The van der Waals surface area contributed by atoms with Crippen molar-refractivity contribution in [3.05, 3.63) is 89.0 Å². The fourth-order valence-corrected chi connectivity index (χ4v) is 5.37. The SMILES string of the molecule is COCCOC(=O)c1ccc2c(c1)NC1(CCN(Cc3ccc(F)c(F)c3)CC1)N(c1ccc(OC(F)(F)F)cc1)C2=O. The first kappa shape index (κ1) is 30.2. The van der Waals surface area contributed by atoms with Crippen LogP contribution in [0.4, 0.5) is 33.3 Å². The molecule has 228 valence electrons. The minimum Gasteiger partial charge on any atom is -0.460 e. The maximum absolute atomic E-state index is 14.0. The van der Waals surface area contributed by atoms with E-state index in [1.165, 1.54) is 48.4 Å². The van der Waals surface area contributed by atoms with Crippen molar-refractivity contribution >= 4 is 23.3 Å². The van der Waals surface area contributed by atoms with Gasteiger partial charge in [-0.2, -0.15) is 0 Å². The lowest BCUT2D eigenvalue weighted by Crippen LogP contribution is -2.64. The molecule has 0 saturated carbocycles. The van der Waals surface area contributed by atoms with E-state index in [-0.39, 0.29) is 24.3 Å². The number of nitrogens with zero attached hydrogens (tertiary/aromatic N) is 2. The Hall–Kier alpha value is -4.23. The van der Waals surface area contributed by atoms with Crippen LogP contribution in [0.15, 0.2) is 60.7 Å². The summed E-state index contributed by atoms with van der Waals surface area (Å²) in [5.41, 5.74) is 0.812. The van der Waals surface area contributed by atoms with E-state index >= 15 is 0 Å². The minimum atomic E-state index is -4.87. The smallest absolute Gasteiger partial charge is 0.460 e. The number of hydrogen-bond donors (Lipinski definition) is 1. The molecule has 0 bridgehead atoms. The van der Waals surface area contributed by atoms with E-state index in [0.717, 1.165) is 24.3 Å². The molecule has 13 heteroatoms. The van der Waals surface area contributed by atoms with Gasteiger partial charge in [-0.15, -0.1) is 13.2 Å². The number of carbonyl (C=O) groups excluding carboxylic acids is 2. The predicted octanol–water partition coefficient (Wildman–Crippen LogP) is 5.73. The van der Waals surface area contributed by atoms with Gasteiger partial charge in [-0.3, -0.25) is 14.6 Å². The third-order valence-electron chi connectivity index (χ3n) is 7.41. The number of piperidine rings is 1. The highest BCUT2D eigenvalue weighted by Crippen LogP contribution is 2.42. The van der Waals surface area contributed by atoms with Crippen LogP contribution in [0.3, 0.4) is 0 Å². The monoisotopic (exact) mass is 605 g/mol. The Labute approximate surface area is 243 Å². The second-order valence-corrected chi connectivity index (χ2v) is 10.3. The van der Waals surface area contributed by atoms with Gasteiger partial charge in [0.15, 0.2) is 11.6 Å². The van der Waals surface area contributed by atoms with Crippen molar-refractivity contribution in [3.63, 3.8) is 0 Å². The standard InChI is InChI=1S/C30H28F5N3O5/c1-41-14-15-42-28(40)20-3-8-23-26(17-20)36-29(10-12-37(13-11-29)18-19-2-9-24(31)25(32)16-19)38(27(23)39)21-4-6-22(7-5-21)43-30(33,34)35/h2-9,16-17,36H,10-15,18H2,1H3. The van der Waals surface area contributed by atoms with E-state index in [1.807, 2.05) is 4.90 Å². The number of alkyl halides is 3. The Balaban J connectivity index is 1.44. The Morgan fingerprint density at radius 3 is 2.33 bits per heavy atom. The molecule has 0 aromatic heterocycles. The van der Waals surface area contributed by atoms with Gasteiger partial charge >= 0.3 is 12.3 Å². The average molecular weight is 606 g/mol. The third kappa shape index (κ3) is 6.73. The fraction of sp³-hybridized carbons (Fsp3) is 0.333. The lowest BCUT2D eigenvalue weighted by Gasteiger charge is -2.52. The second kappa shape index (κ2) is 12.2. The Kier molecular flexibility index (Phi) is 8.56. The fourth-order valence-electron chi connectivity index (χ4n) is 5.37. The van der Waals surface area contributed by atoms with Crippen LogP contribution >= 0.6 is 0 Å². The highest BCUT2D eigenvalue weighted by atomic mass is 19.4. The summed E-state index contributed by atoms with van der Waals surface area (Å²) in [5.74, 6) is -3.31. The summed E-state index contributed by atoms with van der Waals surface area (Å²) in [6.07, 6.45) is -4.14. The zero-order valence-electron chi connectivity index (χ0n) is 23.0. The number of hydrogen-bond acceptors (Lipinski definition) is 7. The molecular formula is C30H28F5N3O5. The molecule has 3 aromatic carbocycles. The molecule has 1 spiro atoms. The van der Waals surface area contributed by atoms with Crippen LogP contribution in [-0.2, 0) is 16.0 Å². The predicted molar refractivity (Wildman–Crippen MR) is 146 cm³/mol. The number of esters is 1. The second-order valence-electron chi connectivity index (χ2n) is 10.3. The van der Waals surface area contributed by atoms with Gasteiger partial charge in [-0.05, 0) is 60.2 Å². The Morgan fingerprint density at radius 2 is 1.67 bits per heavy atom. The number of rotatable bonds is 8. The van der Waals surface area contributed by atoms with Crippen LogP contribution in [0.2, 0.25) is 0 Å². The molecule has 43 heavy (non-hydrogen) atoms. The van der Waals surface area contributed by atoms with Crippen molar-refractivity contribution < 1.29 is 45.8 Å². The highest BCUT2D eigenvalue weighted by molar-refractivity contribution is 6.13. The summed E-state index contributed by atoms with van der Waals surface area (Å²) in [6.45, 7) is 1.51. The number of fused-ring (bicyclic) bond motifs is 1. The van der Waals surface area contributed by atoms with E-state index < -0.39 is 41.3 Å². The van der Waals surface area contributed by atoms with Crippen molar-refractivity contribution in [2.24, 2.45) is 0 Å². The van der Waals surface area contributed by atoms with E-state index in [2.05, 4.69) is 10.1 Å². The summed E-state index contributed by atoms with van der Waals surface area (Å²) < 4.78 is 79.5. The van der Waals surface area contributed by atoms with Gasteiger partial charge in [0.1, 0.15) is 18.0 Å². The Morgan fingerprint density at radius 1 is 0.953 bits per heavy atom. The van der Waals surface area contributed by atoms with E-state index in [1.54, 1.807) is 0 Å². The topological polar surface area (TPSA) is 80.3 Å². The maximum Gasteiger partial charge on any atom is 0.573 e. The molecule has 1 amide bonds.